The fraction of sp³-hybridized carbons (Fsp3) is 0.476. The van der Waals surface area contributed by atoms with E-state index in [1.165, 1.54) is 4.31 Å². The van der Waals surface area contributed by atoms with E-state index in [2.05, 4.69) is 10.3 Å². The lowest BCUT2D eigenvalue weighted by Gasteiger charge is -2.30. The van der Waals surface area contributed by atoms with Crippen molar-refractivity contribution in [1.82, 2.24) is 13.9 Å². The Hall–Kier alpha value is -2.72. The maximum atomic E-state index is 13.5. The minimum Gasteiger partial charge on any atom is -0.462 e. The molecule has 9 nitrogen and oxygen atoms in total. The van der Waals surface area contributed by atoms with E-state index in [-0.39, 0.29) is 42.0 Å². The highest BCUT2D eigenvalue weighted by molar-refractivity contribution is 7.89. The molecule has 0 atom stereocenters. The van der Waals surface area contributed by atoms with Gasteiger partial charge < -0.3 is 14.6 Å². The van der Waals surface area contributed by atoms with Gasteiger partial charge in [-0.25, -0.2) is 13.2 Å². The maximum absolute atomic E-state index is 13.5. The van der Waals surface area contributed by atoms with Crippen molar-refractivity contribution in [2.24, 2.45) is 13.0 Å². The molecule has 0 radical (unpaired) electrons. The first-order valence-corrected chi connectivity index (χ1v) is 11.7. The molecule has 1 amide bonds. The highest BCUT2D eigenvalue weighted by atomic mass is 32.2. The molecule has 2 aromatic rings. The van der Waals surface area contributed by atoms with Crippen LogP contribution in [-0.4, -0.2) is 53.8 Å². The third-order valence-electron chi connectivity index (χ3n) is 5.75. The average molecular weight is 449 g/mol. The van der Waals surface area contributed by atoms with Crippen molar-refractivity contribution in [3.63, 3.8) is 0 Å². The van der Waals surface area contributed by atoms with Crippen LogP contribution in [-0.2, 0) is 26.6 Å². The van der Waals surface area contributed by atoms with Gasteiger partial charge in [0.2, 0.25) is 15.9 Å². The number of nitrogens with one attached hydrogen (secondary N) is 1. The summed E-state index contributed by atoms with van der Waals surface area (Å²) in [6.45, 7) is 5.61. The summed E-state index contributed by atoms with van der Waals surface area (Å²) in [5.41, 5.74) is 1.72. The van der Waals surface area contributed by atoms with Crippen LogP contribution < -0.4 is 5.32 Å². The van der Waals surface area contributed by atoms with Crippen LogP contribution in [0, 0.1) is 19.8 Å². The number of hydrogen-bond acceptors (Lipinski definition) is 6. The molecule has 1 saturated heterocycles. The lowest BCUT2D eigenvalue weighted by atomic mass is 9.97. The molecular formula is C21H28N4O5S. The molecule has 168 valence electrons. The van der Waals surface area contributed by atoms with Crippen molar-refractivity contribution in [3.05, 3.63) is 41.5 Å². The first kappa shape index (κ1) is 23.0. The van der Waals surface area contributed by atoms with Gasteiger partial charge in [-0.15, -0.1) is 0 Å². The summed E-state index contributed by atoms with van der Waals surface area (Å²) < 4.78 is 35.1. The summed E-state index contributed by atoms with van der Waals surface area (Å²) in [5.74, 6) is -1.09. The Bertz CT molecular complexity index is 1070. The van der Waals surface area contributed by atoms with E-state index < -0.39 is 16.0 Å². The van der Waals surface area contributed by atoms with Gasteiger partial charge in [0, 0.05) is 43.6 Å². The number of aromatic nitrogens is 2. The number of anilines is 1. The van der Waals surface area contributed by atoms with Gasteiger partial charge in [0.05, 0.1) is 18.5 Å². The van der Waals surface area contributed by atoms with Crippen LogP contribution in [0.15, 0.2) is 29.4 Å². The van der Waals surface area contributed by atoms with Gasteiger partial charge in [-0.3, -0.25) is 9.78 Å². The van der Waals surface area contributed by atoms with Gasteiger partial charge >= 0.3 is 5.97 Å². The minimum atomic E-state index is -3.93. The number of sulfonamides is 1. The lowest BCUT2D eigenvalue weighted by Crippen LogP contribution is -2.41. The third kappa shape index (κ3) is 4.49. The summed E-state index contributed by atoms with van der Waals surface area (Å²) in [4.78, 5) is 29.0. The van der Waals surface area contributed by atoms with E-state index in [0.29, 0.717) is 29.9 Å². The molecule has 0 unspecified atom stereocenters. The summed E-state index contributed by atoms with van der Waals surface area (Å²) >= 11 is 0. The number of nitrogens with zero attached hydrogens (tertiary/aromatic N) is 3. The molecule has 3 heterocycles. The number of piperidine rings is 1. The van der Waals surface area contributed by atoms with Crippen molar-refractivity contribution in [3.8, 4) is 0 Å². The van der Waals surface area contributed by atoms with Gasteiger partial charge in [-0.05, 0) is 45.7 Å². The molecule has 31 heavy (non-hydrogen) atoms. The lowest BCUT2D eigenvalue weighted by molar-refractivity contribution is -0.120. The highest BCUT2D eigenvalue weighted by Crippen LogP contribution is 2.32. The quantitative estimate of drug-likeness (QED) is 0.679. The Balaban J connectivity index is 1.78. The van der Waals surface area contributed by atoms with E-state index in [1.54, 1.807) is 56.9 Å². The molecule has 0 bridgehead atoms. The van der Waals surface area contributed by atoms with Gasteiger partial charge in [0.15, 0.2) is 0 Å². The molecular weight excluding hydrogens is 420 g/mol. The Labute approximate surface area is 182 Å². The molecule has 10 heteroatoms. The van der Waals surface area contributed by atoms with E-state index in [4.69, 9.17) is 4.74 Å². The van der Waals surface area contributed by atoms with Crippen LogP contribution in [0.3, 0.4) is 0 Å². The summed E-state index contributed by atoms with van der Waals surface area (Å²) in [6, 6.07) is 3.48. The van der Waals surface area contributed by atoms with Crippen LogP contribution in [0.4, 0.5) is 5.69 Å². The van der Waals surface area contributed by atoms with Crippen LogP contribution in [0.5, 0.6) is 0 Å². The third-order valence-corrected chi connectivity index (χ3v) is 7.82. The summed E-state index contributed by atoms with van der Waals surface area (Å²) in [6.07, 6.45) is 3.97. The predicted molar refractivity (Wildman–Crippen MR) is 115 cm³/mol. The fourth-order valence-electron chi connectivity index (χ4n) is 3.84. The Morgan fingerprint density at radius 1 is 1.23 bits per heavy atom. The molecule has 0 aromatic carbocycles. The zero-order valence-corrected chi connectivity index (χ0v) is 19.0. The largest absolute Gasteiger partial charge is 0.462 e. The number of pyridine rings is 1. The monoisotopic (exact) mass is 448 g/mol. The van der Waals surface area contributed by atoms with Crippen molar-refractivity contribution in [2.45, 2.75) is 38.5 Å². The van der Waals surface area contributed by atoms with E-state index in [0.717, 1.165) is 0 Å². The molecule has 0 saturated carbocycles. The topological polar surface area (TPSA) is 111 Å². The van der Waals surface area contributed by atoms with Crippen molar-refractivity contribution >= 4 is 27.6 Å². The molecule has 1 aliphatic heterocycles. The molecule has 2 aromatic heterocycles. The number of carbonyl (C=O) groups excluding carboxylic acids is 2. The first-order chi connectivity index (χ1) is 14.7. The Morgan fingerprint density at radius 2 is 1.90 bits per heavy atom. The molecule has 1 aliphatic rings. The van der Waals surface area contributed by atoms with Crippen LogP contribution in [0.25, 0.3) is 0 Å². The van der Waals surface area contributed by atoms with Gasteiger partial charge in [-0.2, -0.15) is 4.31 Å². The molecule has 0 spiro atoms. The maximum Gasteiger partial charge on any atom is 0.341 e. The van der Waals surface area contributed by atoms with Crippen molar-refractivity contribution in [2.75, 3.05) is 25.0 Å². The fourth-order valence-corrected chi connectivity index (χ4v) is 5.79. The SMILES string of the molecule is CCOC(=O)c1c(S(=O)(=O)N2CCC(C(=O)Nc3cccnc3)CC2)c(C)n(C)c1C. The van der Waals surface area contributed by atoms with Crippen molar-refractivity contribution < 1.29 is 22.7 Å². The second kappa shape index (κ2) is 9.19. The Morgan fingerprint density at radius 3 is 2.48 bits per heavy atom. The summed E-state index contributed by atoms with van der Waals surface area (Å²) in [7, 11) is -2.20. The van der Waals surface area contributed by atoms with Gasteiger partial charge in [-0.1, -0.05) is 0 Å². The molecule has 1 fully saturated rings. The van der Waals surface area contributed by atoms with E-state index in [9.17, 15) is 18.0 Å². The standard InChI is InChI=1S/C21H28N4O5S/c1-5-30-21(27)18-14(2)24(4)15(3)19(18)31(28,29)25-11-8-16(9-12-25)20(26)23-17-7-6-10-22-13-17/h6-7,10,13,16H,5,8-9,11-12H2,1-4H3,(H,23,26). The van der Waals surface area contributed by atoms with E-state index >= 15 is 0 Å². The first-order valence-electron chi connectivity index (χ1n) is 10.2. The number of rotatable bonds is 6. The second-order valence-electron chi connectivity index (χ2n) is 7.56. The number of esters is 1. The van der Waals surface area contributed by atoms with Crippen LogP contribution in [0.1, 0.15) is 41.5 Å². The molecule has 0 aliphatic carbocycles. The van der Waals surface area contributed by atoms with Crippen LogP contribution >= 0.6 is 0 Å². The second-order valence-corrected chi connectivity index (χ2v) is 9.44. The van der Waals surface area contributed by atoms with E-state index in [1.807, 2.05) is 0 Å². The summed E-state index contributed by atoms with van der Waals surface area (Å²) in [5, 5.41) is 2.82. The van der Waals surface area contributed by atoms with Crippen LogP contribution in [0.2, 0.25) is 0 Å². The average Bonchev–Trinajstić information content (AvgIpc) is 2.99. The number of hydrogen-bond donors (Lipinski definition) is 1. The predicted octanol–water partition coefficient (Wildman–Crippen LogP) is 2.25. The highest BCUT2D eigenvalue weighted by Gasteiger charge is 2.38. The molecule has 3 rings (SSSR count). The number of ether oxygens (including phenoxy) is 1. The normalized spacial score (nSPS) is 15.6. The minimum absolute atomic E-state index is 0.00999. The zero-order chi connectivity index (χ0) is 22.8. The smallest absolute Gasteiger partial charge is 0.341 e. The van der Waals surface area contributed by atoms with Gasteiger partial charge in [0.25, 0.3) is 0 Å². The van der Waals surface area contributed by atoms with Crippen molar-refractivity contribution in [1.29, 1.82) is 0 Å². The van der Waals surface area contributed by atoms with Gasteiger partial charge in [0.1, 0.15) is 10.5 Å². The zero-order valence-electron chi connectivity index (χ0n) is 18.2. The number of amides is 1. The molecule has 1 N–H and O–H groups in total. The number of carbonyl (C=O) groups is 2. The Kier molecular flexibility index (Phi) is 6.80.